The minimum atomic E-state index is -1.08. The molecule has 50 valence electrons. The van der Waals surface area contributed by atoms with Crippen molar-refractivity contribution in [3.05, 3.63) is 6.92 Å². The zero-order chi connectivity index (χ0) is 7.15. The largest absolute Gasteiger partial charge is 2.00 e. The second-order valence-electron chi connectivity index (χ2n) is 1.89. The molecule has 0 heterocycles. The van der Waals surface area contributed by atoms with Crippen molar-refractivity contribution in [3.63, 3.8) is 0 Å². The first-order chi connectivity index (χ1) is 3.46. The Hall–Kier alpha value is 0.730. The van der Waals surface area contributed by atoms with Gasteiger partial charge in [0, 0.05) is 5.97 Å². The molecule has 0 unspecified atom stereocenters. The van der Waals surface area contributed by atoms with E-state index in [2.05, 4.69) is 20.8 Å². The fourth-order valence-electron chi connectivity index (χ4n) is 0. The third-order valence-electron chi connectivity index (χ3n) is 0. The van der Waals surface area contributed by atoms with Crippen molar-refractivity contribution in [1.29, 1.82) is 0 Å². The van der Waals surface area contributed by atoms with E-state index in [9.17, 15) is 0 Å². The summed E-state index contributed by atoms with van der Waals surface area (Å²) in [7, 11) is 0. The summed E-state index contributed by atoms with van der Waals surface area (Å²) >= 11 is 0. The van der Waals surface area contributed by atoms with Crippen molar-refractivity contribution < 1.29 is 9.90 Å². The summed E-state index contributed by atoms with van der Waals surface area (Å²) in [6.45, 7) is 8.72. The Labute approximate surface area is 86.6 Å². The minimum absolute atomic E-state index is 0. The molecule has 0 saturated carbocycles. The van der Waals surface area contributed by atoms with Crippen LogP contribution in [0.2, 0.25) is 0 Å². The average Bonchev–Trinajstić information content (AvgIpc) is 1.25. The molecule has 0 rings (SSSR count). The maximum absolute atomic E-state index is 8.89. The fourth-order valence-corrected chi connectivity index (χ4v) is 0. The van der Waals surface area contributed by atoms with E-state index >= 15 is 0 Å². The van der Waals surface area contributed by atoms with Gasteiger partial charge in [-0.15, -0.1) is 0 Å². The Balaban J connectivity index is -0.0000000720. The van der Waals surface area contributed by atoms with E-state index in [1.54, 1.807) is 0 Å². The molecule has 0 bridgehead atoms. The van der Waals surface area contributed by atoms with Crippen LogP contribution in [0.5, 0.6) is 0 Å². The molecule has 3 heteroatoms. The molecule has 0 spiro atoms. The predicted molar refractivity (Wildman–Crippen MR) is 36.6 cm³/mol. The van der Waals surface area contributed by atoms with Gasteiger partial charge < -0.3 is 16.8 Å². The van der Waals surface area contributed by atoms with Crippen molar-refractivity contribution in [2.45, 2.75) is 20.8 Å². The minimum Gasteiger partial charge on any atom is -0.550 e. The Bertz CT molecular complexity index is 55.3. The van der Waals surface area contributed by atoms with E-state index in [0.717, 1.165) is 6.92 Å². The third-order valence-corrected chi connectivity index (χ3v) is 0. The standard InChI is InChI=1S/C4H9.C2H4O2.Ca/c1-4(2)3;1-2(3)4;/h4H,1H2,2-3H3;1H3,(H,3,4);/q-1;;+2/p-1. The Kier molecular flexibility index (Phi) is 21.0. The second kappa shape index (κ2) is 11.5. The smallest absolute Gasteiger partial charge is 0.550 e. The summed E-state index contributed by atoms with van der Waals surface area (Å²) in [6.07, 6.45) is 0. The monoisotopic (exact) mass is 156 g/mol. The number of carbonyl (C=O) groups is 1. The molecule has 0 aromatic carbocycles. The molecule has 0 aromatic heterocycles. The van der Waals surface area contributed by atoms with Crippen LogP contribution in [0.15, 0.2) is 0 Å². The van der Waals surface area contributed by atoms with Crippen LogP contribution in [0.4, 0.5) is 0 Å². The molecule has 0 aliphatic carbocycles. The molecule has 2 nitrogen and oxygen atoms in total. The van der Waals surface area contributed by atoms with Crippen LogP contribution in [0.3, 0.4) is 0 Å². The number of carboxylic acids is 1. The molecular formula is C6H12CaO2. The number of hydrogen-bond acceptors (Lipinski definition) is 2. The van der Waals surface area contributed by atoms with Gasteiger partial charge in [0.2, 0.25) is 0 Å². The number of carbonyl (C=O) groups excluding carboxylic acids is 1. The molecule has 0 fully saturated rings. The summed E-state index contributed by atoms with van der Waals surface area (Å²) in [5.74, 6) is -0.500. The van der Waals surface area contributed by atoms with E-state index < -0.39 is 5.97 Å². The van der Waals surface area contributed by atoms with Crippen LogP contribution in [-0.4, -0.2) is 43.7 Å². The molecule has 0 saturated heterocycles. The molecular weight excluding hydrogens is 144 g/mol. The quantitative estimate of drug-likeness (QED) is 0.361. The van der Waals surface area contributed by atoms with Crippen molar-refractivity contribution in [2.75, 3.05) is 0 Å². The normalized spacial score (nSPS) is 6.78. The van der Waals surface area contributed by atoms with Gasteiger partial charge in [0.05, 0.1) is 0 Å². The van der Waals surface area contributed by atoms with Gasteiger partial charge in [-0.1, -0.05) is 13.8 Å². The average molecular weight is 156 g/mol. The zero-order valence-electron chi connectivity index (χ0n) is 6.31. The molecule has 0 atom stereocenters. The van der Waals surface area contributed by atoms with Crippen molar-refractivity contribution in [1.82, 2.24) is 0 Å². The predicted octanol–water partition coefficient (Wildman–Crippen LogP) is -0.148. The van der Waals surface area contributed by atoms with Crippen LogP contribution in [-0.2, 0) is 4.79 Å². The van der Waals surface area contributed by atoms with E-state index in [1.165, 1.54) is 0 Å². The first kappa shape index (κ1) is 16.4. The first-order valence-corrected chi connectivity index (χ1v) is 2.47. The molecule has 0 aromatic rings. The van der Waals surface area contributed by atoms with Crippen LogP contribution >= 0.6 is 0 Å². The van der Waals surface area contributed by atoms with Crippen LogP contribution in [0, 0.1) is 12.8 Å². The maximum atomic E-state index is 8.89. The van der Waals surface area contributed by atoms with Crippen LogP contribution in [0.1, 0.15) is 20.8 Å². The molecule has 0 N–H and O–H groups in total. The summed E-state index contributed by atoms with van der Waals surface area (Å²) in [5, 5.41) is 8.89. The number of carboxylic acid groups (broad SMARTS) is 1. The Morgan fingerprint density at radius 3 is 1.56 bits per heavy atom. The summed E-state index contributed by atoms with van der Waals surface area (Å²) in [6, 6.07) is 0. The fraction of sp³-hybridized carbons (Fsp3) is 0.667. The second-order valence-corrected chi connectivity index (χ2v) is 1.89. The van der Waals surface area contributed by atoms with Gasteiger partial charge in [0.25, 0.3) is 0 Å². The van der Waals surface area contributed by atoms with Crippen molar-refractivity contribution in [3.8, 4) is 0 Å². The Morgan fingerprint density at radius 2 is 1.56 bits per heavy atom. The van der Waals surface area contributed by atoms with E-state index in [-0.39, 0.29) is 37.7 Å². The molecule has 0 amide bonds. The van der Waals surface area contributed by atoms with E-state index in [0.29, 0.717) is 5.92 Å². The zero-order valence-corrected chi connectivity index (χ0v) is 8.52. The van der Waals surface area contributed by atoms with Crippen LogP contribution in [0.25, 0.3) is 0 Å². The van der Waals surface area contributed by atoms with Gasteiger partial charge in [-0.3, -0.25) is 0 Å². The summed E-state index contributed by atoms with van der Waals surface area (Å²) in [5.41, 5.74) is 0. The van der Waals surface area contributed by atoms with E-state index in [1.807, 2.05) is 0 Å². The third kappa shape index (κ3) is 742. The van der Waals surface area contributed by atoms with Gasteiger partial charge >= 0.3 is 37.7 Å². The van der Waals surface area contributed by atoms with Gasteiger partial charge in [0.15, 0.2) is 0 Å². The van der Waals surface area contributed by atoms with Gasteiger partial charge in [-0.2, -0.15) is 5.92 Å². The maximum Gasteiger partial charge on any atom is 2.00 e. The number of hydrogen-bond donors (Lipinski definition) is 0. The van der Waals surface area contributed by atoms with Crippen molar-refractivity contribution in [2.24, 2.45) is 5.92 Å². The van der Waals surface area contributed by atoms with Crippen molar-refractivity contribution >= 4 is 43.7 Å². The van der Waals surface area contributed by atoms with Crippen LogP contribution < -0.4 is 5.11 Å². The topological polar surface area (TPSA) is 40.1 Å². The Morgan fingerprint density at radius 1 is 1.56 bits per heavy atom. The molecule has 0 radical (unpaired) electrons. The molecule has 0 aliphatic rings. The SMILES string of the molecule is CC(=O)[O-].[CH2-]C(C)C.[Ca+2]. The summed E-state index contributed by atoms with van der Waals surface area (Å²) in [4.78, 5) is 8.89. The van der Waals surface area contributed by atoms with Gasteiger partial charge in [-0.05, 0) is 6.92 Å². The molecule has 9 heavy (non-hydrogen) atoms. The van der Waals surface area contributed by atoms with Gasteiger partial charge in [0.1, 0.15) is 0 Å². The number of rotatable bonds is 0. The van der Waals surface area contributed by atoms with Gasteiger partial charge in [-0.25, -0.2) is 0 Å². The molecule has 0 aliphatic heterocycles. The van der Waals surface area contributed by atoms with E-state index in [4.69, 9.17) is 9.90 Å². The number of aliphatic carboxylic acids is 1. The summed E-state index contributed by atoms with van der Waals surface area (Å²) < 4.78 is 0. The first-order valence-electron chi connectivity index (χ1n) is 2.47.